The van der Waals surface area contributed by atoms with Crippen LogP contribution in [0.5, 0.6) is 0 Å². The molecule has 0 radical (unpaired) electrons. The van der Waals surface area contributed by atoms with E-state index in [1.54, 1.807) is 0 Å². The standard InChI is InChI=1S/C23H22BrN3O3/c1-14-18(4-3-5-19(14)24)22-26-20-11-15(10-17(12-25)21(20)30-22)13-27-8-6-16(7-9-27)23(28)29-2/h3-5,10-11,16H,6-9,13H2,1-2H3. The average Bonchev–Trinajstić information content (AvgIpc) is 3.19. The molecule has 0 aliphatic carbocycles. The summed E-state index contributed by atoms with van der Waals surface area (Å²) in [6.07, 6.45) is 1.58. The van der Waals surface area contributed by atoms with E-state index >= 15 is 0 Å². The molecule has 4 rings (SSSR count). The van der Waals surface area contributed by atoms with Gasteiger partial charge in [-0.05, 0) is 68.2 Å². The van der Waals surface area contributed by atoms with Crippen LogP contribution in [-0.2, 0) is 16.1 Å². The van der Waals surface area contributed by atoms with E-state index in [0.29, 0.717) is 29.1 Å². The number of methoxy groups -OCH3 is 1. The van der Waals surface area contributed by atoms with Crippen LogP contribution < -0.4 is 0 Å². The molecule has 0 N–H and O–H groups in total. The lowest BCUT2D eigenvalue weighted by atomic mass is 9.96. The molecule has 1 saturated heterocycles. The van der Waals surface area contributed by atoms with Crippen molar-refractivity contribution in [2.75, 3.05) is 20.2 Å². The molecule has 0 bridgehead atoms. The second-order valence-corrected chi connectivity index (χ2v) is 8.46. The third kappa shape index (κ3) is 3.98. The first kappa shape index (κ1) is 20.6. The summed E-state index contributed by atoms with van der Waals surface area (Å²) in [5.41, 5.74) is 4.63. The summed E-state index contributed by atoms with van der Waals surface area (Å²) in [5, 5.41) is 9.66. The number of carbonyl (C=O) groups is 1. The molecule has 1 aliphatic heterocycles. The van der Waals surface area contributed by atoms with Crippen molar-refractivity contribution in [3.63, 3.8) is 0 Å². The zero-order valence-corrected chi connectivity index (χ0v) is 18.5. The highest BCUT2D eigenvalue weighted by molar-refractivity contribution is 9.10. The number of rotatable bonds is 4. The summed E-state index contributed by atoms with van der Waals surface area (Å²) < 4.78 is 11.8. The monoisotopic (exact) mass is 467 g/mol. The van der Waals surface area contributed by atoms with Crippen molar-refractivity contribution in [1.82, 2.24) is 9.88 Å². The largest absolute Gasteiger partial charge is 0.469 e. The predicted octanol–water partition coefficient (Wildman–Crippen LogP) is 4.82. The summed E-state index contributed by atoms with van der Waals surface area (Å²) >= 11 is 3.54. The Kier molecular flexibility index (Phi) is 5.89. The SMILES string of the molecule is COC(=O)C1CCN(Cc2cc(C#N)c3oc(-c4cccc(Br)c4C)nc3c2)CC1. The van der Waals surface area contributed by atoms with Gasteiger partial charge in [0.05, 0.1) is 18.6 Å². The normalized spacial score (nSPS) is 15.3. The number of likely N-dealkylation sites (tertiary alicyclic amines) is 1. The second kappa shape index (κ2) is 8.58. The first-order chi connectivity index (χ1) is 14.5. The van der Waals surface area contributed by atoms with Crippen LogP contribution in [0.2, 0.25) is 0 Å². The van der Waals surface area contributed by atoms with Gasteiger partial charge in [0, 0.05) is 16.6 Å². The van der Waals surface area contributed by atoms with Crippen molar-refractivity contribution in [3.8, 4) is 17.5 Å². The Morgan fingerprint density at radius 2 is 2.13 bits per heavy atom. The number of fused-ring (bicyclic) bond motifs is 1. The molecular formula is C23H22BrN3O3. The van der Waals surface area contributed by atoms with Crippen LogP contribution in [0.1, 0.15) is 29.5 Å². The molecule has 6 nitrogen and oxygen atoms in total. The van der Waals surface area contributed by atoms with E-state index in [9.17, 15) is 10.1 Å². The summed E-state index contributed by atoms with van der Waals surface area (Å²) in [5.74, 6) is 0.368. The Balaban J connectivity index is 1.60. The molecule has 1 fully saturated rings. The molecular weight excluding hydrogens is 446 g/mol. The van der Waals surface area contributed by atoms with Crippen LogP contribution in [0.4, 0.5) is 0 Å². The minimum absolute atomic E-state index is 0.0186. The minimum atomic E-state index is -0.124. The van der Waals surface area contributed by atoms with Crippen molar-refractivity contribution in [3.05, 3.63) is 51.5 Å². The van der Waals surface area contributed by atoms with Crippen LogP contribution >= 0.6 is 15.9 Å². The molecule has 154 valence electrons. The third-order valence-corrected chi connectivity index (χ3v) is 6.56. The van der Waals surface area contributed by atoms with Gasteiger partial charge in [0.1, 0.15) is 11.6 Å². The number of hydrogen-bond acceptors (Lipinski definition) is 6. The quantitative estimate of drug-likeness (QED) is 0.511. The first-order valence-corrected chi connectivity index (χ1v) is 10.7. The average molecular weight is 468 g/mol. The molecule has 2 aromatic carbocycles. The van der Waals surface area contributed by atoms with E-state index in [-0.39, 0.29) is 11.9 Å². The number of hydrogen-bond donors (Lipinski definition) is 0. The zero-order chi connectivity index (χ0) is 21.3. The number of nitrogens with zero attached hydrogens (tertiary/aromatic N) is 3. The fraction of sp³-hybridized carbons (Fsp3) is 0.348. The first-order valence-electron chi connectivity index (χ1n) is 9.89. The van der Waals surface area contributed by atoms with E-state index in [4.69, 9.17) is 9.15 Å². The highest BCUT2D eigenvalue weighted by atomic mass is 79.9. The molecule has 30 heavy (non-hydrogen) atoms. The Morgan fingerprint density at radius 1 is 1.37 bits per heavy atom. The maximum absolute atomic E-state index is 11.7. The molecule has 1 aliphatic rings. The fourth-order valence-electron chi connectivity index (χ4n) is 3.97. The van der Waals surface area contributed by atoms with Crippen molar-refractivity contribution < 1.29 is 13.9 Å². The lowest BCUT2D eigenvalue weighted by molar-refractivity contribution is -0.147. The zero-order valence-electron chi connectivity index (χ0n) is 16.9. The van der Waals surface area contributed by atoms with Crippen LogP contribution in [0, 0.1) is 24.2 Å². The molecule has 2 heterocycles. The predicted molar refractivity (Wildman–Crippen MR) is 117 cm³/mol. The number of benzene rings is 2. The van der Waals surface area contributed by atoms with Crippen molar-refractivity contribution in [2.45, 2.75) is 26.3 Å². The molecule has 0 atom stereocenters. The number of ether oxygens (including phenoxy) is 1. The number of aromatic nitrogens is 1. The number of nitriles is 1. The lowest BCUT2D eigenvalue weighted by Gasteiger charge is -2.30. The second-order valence-electron chi connectivity index (χ2n) is 7.61. The third-order valence-electron chi connectivity index (χ3n) is 5.70. The van der Waals surface area contributed by atoms with Crippen LogP contribution in [0.15, 0.2) is 39.2 Å². The van der Waals surface area contributed by atoms with Crippen molar-refractivity contribution >= 4 is 33.0 Å². The van der Waals surface area contributed by atoms with Gasteiger partial charge in [0.2, 0.25) is 5.89 Å². The molecule has 0 amide bonds. The van der Waals surface area contributed by atoms with Crippen molar-refractivity contribution in [2.24, 2.45) is 5.92 Å². The smallest absolute Gasteiger partial charge is 0.308 e. The maximum atomic E-state index is 11.7. The van der Waals surface area contributed by atoms with Gasteiger partial charge in [-0.15, -0.1) is 0 Å². The lowest BCUT2D eigenvalue weighted by Crippen LogP contribution is -2.36. The van der Waals surface area contributed by atoms with Gasteiger partial charge in [0.25, 0.3) is 0 Å². The van der Waals surface area contributed by atoms with Crippen LogP contribution in [0.3, 0.4) is 0 Å². The highest BCUT2D eigenvalue weighted by Crippen LogP contribution is 2.32. The Morgan fingerprint density at radius 3 is 2.83 bits per heavy atom. The van der Waals surface area contributed by atoms with Gasteiger partial charge in [-0.3, -0.25) is 9.69 Å². The summed E-state index contributed by atoms with van der Waals surface area (Å²) in [6.45, 7) is 4.35. The van der Waals surface area contributed by atoms with Gasteiger partial charge in [-0.25, -0.2) is 4.98 Å². The fourth-order valence-corrected chi connectivity index (χ4v) is 4.34. The van der Waals surface area contributed by atoms with Gasteiger partial charge >= 0.3 is 5.97 Å². The van der Waals surface area contributed by atoms with Gasteiger partial charge < -0.3 is 9.15 Å². The van der Waals surface area contributed by atoms with Crippen molar-refractivity contribution in [1.29, 1.82) is 5.26 Å². The van der Waals surface area contributed by atoms with E-state index in [2.05, 4.69) is 31.9 Å². The van der Waals surface area contributed by atoms with E-state index < -0.39 is 0 Å². The van der Waals surface area contributed by atoms with Gasteiger partial charge in [0.15, 0.2) is 5.58 Å². The molecule has 1 aromatic heterocycles. The minimum Gasteiger partial charge on any atom is -0.469 e. The van der Waals surface area contributed by atoms with E-state index in [0.717, 1.165) is 47.1 Å². The molecule has 3 aromatic rings. The summed E-state index contributed by atoms with van der Waals surface area (Å²) in [7, 11) is 1.44. The summed E-state index contributed by atoms with van der Waals surface area (Å²) in [6, 6.07) is 12.0. The van der Waals surface area contributed by atoms with E-state index in [1.165, 1.54) is 7.11 Å². The van der Waals surface area contributed by atoms with E-state index in [1.807, 2.05) is 37.3 Å². The molecule has 7 heteroatoms. The Bertz CT molecular complexity index is 1140. The Labute approximate surface area is 183 Å². The van der Waals surface area contributed by atoms with Crippen LogP contribution in [-0.4, -0.2) is 36.1 Å². The maximum Gasteiger partial charge on any atom is 0.308 e. The van der Waals surface area contributed by atoms with Gasteiger partial charge in [-0.1, -0.05) is 22.0 Å². The number of esters is 1. The number of halogens is 1. The Hall–Kier alpha value is -2.69. The van der Waals surface area contributed by atoms with Crippen LogP contribution in [0.25, 0.3) is 22.6 Å². The number of oxazole rings is 1. The topological polar surface area (TPSA) is 79.4 Å². The number of piperidine rings is 1. The molecule has 0 saturated carbocycles. The highest BCUT2D eigenvalue weighted by Gasteiger charge is 2.26. The molecule has 0 spiro atoms. The molecule has 0 unspecified atom stereocenters. The van der Waals surface area contributed by atoms with Gasteiger partial charge in [-0.2, -0.15) is 5.26 Å². The summed E-state index contributed by atoms with van der Waals surface area (Å²) in [4.78, 5) is 18.7. The number of carbonyl (C=O) groups excluding carboxylic acids is 1.